The Labute approximate surface area is 187 Å². The van der Waals surface area contributed by atoms with Crippen LogP contribution < -0.4 is 26.6 Å². The van der Waals surface area contributed by atoms with Crippen molar-refractivity contribution in [3.63, 3.8) is 0 Å². The number of halogens is 1. The van der Waals surface area contributed by atoms with Crippen molar-refractivity contribution in [2.45, 2.75) is 19.9 Å². The maximum atomic E-state index is 12.9. The first-order valence-electron chi connectivity index (χ1n) is 9.76. The van der Waals surface area contributed by atoms with Gasteiger partial charge < -0.3 is 15.4 Å². The van der Waals surface area contributed by atoms with Crippen LogP contribution in [0.15, 0.2) is 68.7 Å². The van der Waals surface area contributed by atoms with Crippen LogP contribution in [-0.4, -0.2) is 28.6 Å². The first-order valence-corrected chi connectivity index (χ1v) is 10.5. The molecule has 0 bridgehead atoms. The Balaban J connectivity index is 1.91. The summed E-state index contributed by atoms with van der Waals surface area (Å²) in [7, 11) is 0. The smallest absolute Gasteiger partial charge is 0.330 e. The Morgan fingerprint density at radius 2 is 1.81 bits per heavy atom. The molecule has 0 aliphatic heterocycles. The SMILES string of the molecule is CCCN(C(=O)COc1ccc(Br)cc1)c1c(N)n(Cc2ccccc2)c(=O)[nH]c1=O. The molecule has 2 aromatic carbocycles. The molecule has 0 spiro atoms. The standard InChI is InChI=1S/C22H23BrN4O4/c1-2-12-26(18(28)14-31-17-10-8-16(23)9-11-17)19-20(24)27(22(30)25-21(19)29)13-15-6-4-3-5-7-15/h3-11H,2,12-14,24H2,1H3,(H,25,29,30). The van der Waals surface area contributed by atoms with E-state index in [0.717, 1.165) is 10.0 Å². The zero-order chi connectivity index (χ0) is 22.4. The molecular formula is C22H23BrN4O4. The van der Waals surface area contributed by atoms with Crippen LogP contribution in [0.3, 0.4) is 0 Å². The molecule has 0 aliphatic carbocycles. The minimum absolute atomic E-state index is 0.0539. The van der Waals surface area contributed by atoms with Crippen molar-refractivity contribution >= 4 is 33.3 Å². The van der Waals surface area contributed by atoms with Crippen LogP contribution in [0, 0.1) is 0 Å². The van der Waals surface area contributed by atoms with Crippen molar-refractivity contribution in [2.24, 2.45) is 0 Å². The van der Waals surface area contributed by atoms with E-state index in [-0.39, 0.29) is 31.2 Å². The van der Waals surface area contributed by atoms with Gasteiger partial charge in [-0.2, -0.15) is 0 Å². The van der Waals surface area contributed by atoms with Gasteiger partial charge >= 0.3 is 5.69 Å². The fourth-order valence-corrected chi connectivity index (χ4v) is 3.36. The molecular weight excluding hydrogens is 464 g/mol. The quantitative estimate of drug-likeness (QED) is 0.508. The van der Waals surface area contributed by atoms with E-state index < -0.39 is 17.2 Å². The van der Waals surface area contributed by atoms with E-state index in [4.69, 9.17) is 10.5 Å². The van der Waals surface area contributed by atoms with Gasteiger partial charge in [0.15, 0.2) is 12.3 Å². The van der Waals surface area contributed by atoms with Crippen molar-refractivity contribution in [2.75, 3.05) is 23.8 Å². The fraction of sp³-hybridized carbons (Fsp3) is 0.227. The van der Waals surface area contributed by atoms with Crippen molar-refractivity contribution in [1.82, 2.24) is 9.55 Å². The summed E-state index contributed by atoms with van der Waals surface area (Å²) in [4.78, 5) is 41.5. The predicted molar refractivity (Wildman–Crippen MR) is 124 cm³/mol. The van der Waals surface area contributed by atoms with Gasteiger partial charge in [-0.05, 0) is 36.2 Å². The van der Waals surface area contributed by atoms with Gasteiger partial charge in [0.05, 0.1) is 6.54 Å². The third-order valence-electron chi connectivity index (χ3n) is 4.59. The van der Waals surface area contributed by atoms with Gasteiger partial charge in [0.25, 0.3) is 11.5 Å². The minimum Gasteiger partial charge on any atom is -0.484 e. The number of ether oxygens (including phenoxy) is 1. The van der Waals surface area contributed by atoms with E-state index in [0.29, 0.717) is 12.2 Å². The summed E-state index contributed by atoms with van der Waals surface area (Å²) in [6.07, 6.45) is 0.584. The predicted octanol–water partition coefficient (Wildman–Crippen LogP) is 2.75. The van der Waals surface area contributed by atoms with Crippen LogP contribution in [0.1, 0.15) is 18.9 Å². The molecule has 0 aliphatic rings. The number of amides is 1. The molecule has 0 saturated carbocycles. The molecule has 0 saturated heterocycles. The number of aromatic nitrogens is 2. The zero-order valence-corrected chi connectivity index (χ0v) is 18.6. The lowest BCUT2D eigenvalue weighted by Crippen LogP contribution is -2.43. The average Bonchev–Trinajstić information content (AvgIpc) is 2.76. The van der Waals surface area contributed by atoms with E-state index in [1.54, 1.807) is 24.3 Å². The Morgan fingerprint density at radius 1 is 1.13 bits per heavy atom. The summed E-state index contributed by atoms with van der Waals surface area (Å²) in [6, 6.07) is 16.3. The third-order valence-corrected chi connectivity index (χ3v) is 5.12. The molecule has 8 nitrogen and oxygen atoms in total. The number of carbonyl (C=O) groups excluding carboxylic acids is 1. The van der Waals surface area contributed by atoms with E-state index in [1.807, 2.05) is 37.3 Å². The summed E-state index contributed by atoms with van der Waals surface area (Å²) in [5, 5.41) is 0. The fourth-order valence-electron chi connectivity index (χ4n) is 3.10. The molecule has 3 aromatic rings. The lowest BCUT2D eigenvalue weighted by Gasteiger charge is -2.24. The number of aromatic amines is 1. The second kappa shape index (κ2) is 10.1. The number of nitrogen functional groups attached to an aromatic ring is 1. The van der Waals surface area contributed by atoms with Gasteiger partial charge in [-0.25, -0.2) is 4.79 Å². The molecule has 31 heavy (non-hydrogen) atoms. The van der Waals surface area contributed by atoms with Crippen molar-refractivity contribution in [3.05, 3.63) is 85.5 Å². The summed E-state index contributed by atoms with van der Waals surface area (Å²) in [6.45, 7) is 2.01. The highest BCUT2D eigenvalue weighted by Crippen LogP contribution is 2.20. The number of carbonyl (C=O) groups is 1. The number of benzene rings is 2. The molecule has 0 unspecified atom stereocenters. The molecule has 0 radical (unpaired) electrons. The Kier molecular flexibility index (Phi) is 7.30. The summed E-state index contributed by atoms with van der Waals surface area (Å²) in [5.74, 6) is 0.0128. The zero-order valence-electron chi connectivity index (χ0n) is 17.0. The van der Waals surface area contributed by atoms with E-state index >= 15 is 0 Å². The minimum atomic E-state index is -0.711. The third kappa shape index (κ3) is 5.43. The van der Waals surface area contributed by atoms with Crippen LogP contribution in [-0.2, 0) is 11.3 Å². The van der Waals surface area contributed by atoms with Gasteiger partial charge in [-0.3, -0.25) is 19.1 Å². The molecule has 3 N–H and O–H groups in total. The Hall–Kier alpha value is -3.33. The molecule has 1 amide bonds. The highest BCUT2D eigenvalue weighted by atomic mass is 79.9. The number of nitrogens with one attached hydrogen (secondary N) is 1. The van der Waals surface area contributed by atoms with E-state index in [9.17, 15) is 14.4 Å². The van der Waals surface area contributed by atoms with E-state index in [2.05, 4.69) is 20.9 Å². The highest BCUT2D eigenvalue weighted by Gasteiger charge is 2.24. The first-order chi connectivity index (χ1) is 14.9. The monoisotopic (exact) mass is 486 g/mol. The second-order valence-corrected chi connectivity index (χ2v) is 7.77. The normalized spacial score (nSPS) is 10.6. The van der Waals surface area contributed by atoms with Gasteiger partial charge in [-0.1, -0.05) is 53.2 Å². The lowest BCUT2D eigenvalue weighted by atomic mass is 10.2. The first kappa shape index (κ1) is 22.4. The van der Waals surface area contributed by atoms with Gasteiger partial charge in [0.2, 0.25) is 0 Å². The van der Waals surface area contributed by atoms with Crippen molar-refractivity contribution < 1.29 is 9.53 Å². The Morgan fingerprint density at radius 3 is 2.45 bits per heavy atom. The van der Waals surface area contributed by atoms with Crippen molar-refractivity contribution in [3.8, 4) is 5.75 Å². The molecule has 162 valence electrons. The average molecular weight is 487 g/mol. The number of rotatable bonds is 8. The summed E-state index contributed by atoms with van der Waals surface area (Å²) in [5.41, 5.74) is 5.66. The topological polar surface area (TPSA) is 110 Å². The number of anilines is 2. The summed E-state index contributed by atoms with van der Waals surface area (Å²) >= 11 is 3.34. The number of hydrogen-bond acceptors (Lipinski definition) is 5. The Bertz CT molecular complexity index is 1160. The number of H-pyrrole nitrogens is 1. The second-order valence-electron chi connectivity index (χ2n) is 6.85. The van der Waals surface area contributed by atoms with E-state index in [1.165, 1.54) is 9.47 Å². The molecule has 9 heteroatoms. The molecule has 1 heterocycles. The number of hydrogen-bond donors (Lipinski definition) is 2. The largest absolute Gasteiger partial charge is 0.484 e. The number of nitrogens with two attached hydrogens (primary N) is 1. The van der Waals surface area contributed by atoms with Crippen LogP contribution >= 0.6 is 15.9 Å². The van der Waals surface area contributed by atoms with Crippen LogP contribution in [0.4, 0.5) is 11.5 Å². The molecule has 0 fully saturated rings. The van der Waals surface area contributed by atoms with Crippen molar-refractivity contribution in [1.29, 1.82) is 0 Å². The van der Waals surface area contributed by atoms with Gasteiger partial charge in [0, 0.05) is 11.0 Å². The number of nitrogens with zero attached hydrogens (tertiary/aromatic N) is 2. The maximum absolute atomic E-state index is 12.9. The van der Waals surface area contributed by atoms with Crippen LogP contribution in [0.2, 0.25) is 0 Å². The molecule has 1 aromatic heterocycles. The van der Waals surface area contributed by atoms with Crippen LogP contribution in [0.25, 0.3) is 0 Å². The molecule has 0 atom stereocenters. The van der Waals surface area contributed by atoms with Crippen LogP contribution in [0.5, 0.6) is 5.75 Å². The van der Waals surface area contributed by atoms with Gasteiger partial charge in [0.1, 0.15) is 11.6 Å². The lowest BCUT2D eigenvalue weighted by molar-refractivity contribution is -0.120. The maximum Gasteiger partial charge on any atom is 0.330 e. The highest BCUT2D eigenvalue weighted by molar-refractivity contribution is 9.10. The van der Waals surface area contributed by atoms with Gasteiger partial charge in [-0.15, -0.1) is 0 Å². The summed E-state index contributed by atoms with van der Waals surface area (Å²) < 4.78 is 7.70. The molecule has 3 rings (SSSR count).